The molecule has 1 amide bonds. The van der Waals surface area contributed by atoms with Gasteiger partial charge in [-0.3, -0.25) is 4.79 Å². The predicted octanol–water partition coefficient (Wildman–Crippen LogP) is 2.36. The van der Waals surface area contributed by atoms with Crippen LogP contribution in [0, 0.1) is 34.6 Å². The predicted molar refractivity (Wildman–Crippen MR) is 109 cm³/mol. The van der Waals surface area contributed by atoms with E-state index in [1.165, 1.54) is 7.11 Å². The first-order valence-electron chi connectivity index (χ1n) is 9.41. The summed E-state index contributed by atoms with van der Waals surface area (Å²) in [5.74, 6) is -1.12. The van der Waals surface area contributed by atoms with Gasteiger partial charge in [0.1, 0.15) is 6.04 Å². The van der Waals surface area contributed by atoms with Crippen molar-refractivity contribution in [2.75, 3.05) is 13.7 Å². The number of carbonyl (C=O) groups excluding carboxylic acids is 2. The second-order valence-electron chi connectivity index (χ2n) is 7.06. The summed E-state index contributed by atoms with van der Waals surface area (Å²) in [6.45, 7) is 10.8. The summed E-state index contributed by atoms with van der Waals surface area (Å²) in [5, 5.41) is 2.55. The molecule has 0 aromatic heterocycles. The number of esters is 1. The van der Waals surface area contributed by atoms with E-state index in [2.05, 4.69) is 10.0 Å². The first-order chi connectivity index (χ1) is 13.0. The molecule has 0 aliphatic heterocycles. The van der Waals surface area contributed by atoms with Crippen molar-refractivity contribution in [1.82, 2.24) is 10.0 Å². The van der Waals surface area contributed by atoms with Crippen LogP contribution in [0.2, 0.25) is 0 Å². The molecule has 1 aromatic carbocycles. The standard InChI is InChI=1S/C20H32N2O5S/c1-8-9-10-17(20(24)27-7)22-18(23)11-21-28(25,26)19-15(5)13(3)12(2)14(4)16(19)6/h17,21H,8-11H2,1-7H3,(H,22,23). The van der Waals surface area contributed by atoms with Gasteiger partial charge in [0.25, 0.3) is 0 Å². The fourth-order valence-electron chi connectivity index (χ4n) is 3.15. The molecule has 0 saturated heterocycles. The first-order valence-corrected chi connectivity index (χ1v) is 10.9. The van der Waals surface area contributed by atoms with Crippen molar-refractivity contribution in [2.24, 2.45) is 0 Å². The number of hydrogen-bond donors (Lipinski definition) is 2. The molecule has 0 bridgehead atoms. The summed E-state index contributed by atoms with van der Waals surface area (Å²) in [6, 6.07) is -0.783. The molecule has 0 saturated carbocycles. The number of hydrogen-bond acceptors (Lipinski definition) is 5. The number of amides is 1. The van der Waals surface area contributed by atoms with Gasteiger partial charge in [-0.1, -0.05) is 19.8 Å². The summed E-state index contributed by atoms with van der Waals surface area (Å²) in [6.07, 6.45) is 2.04. The molecule has 8 heteroatoms. The zero-order chi connectivity index (χ0) is 21.6. The van der Waals surface area contributed by atoms with E-state index in [4.69, 9.17) is 4.74 Å². The number of ether oxygens (including phenoxy) is 1. The Hall–Kier alpha value is -1.93. The van der Waals surface area contributed by atoms with Crippen LogP contribution in [0.5, 0.6) is 0 Å². The lowest BCUT2D eigenvalue weighted by atomic mass is 9.95. The summed E-state index contributed by atoms with van der Waals surface area (Å²) in [4.78, 5) is 24.2. The van der Waals surface area contributed by atoms with Crippen molar-refractivity contribution < 1.29 is 22.7 Å². The Morgan fingerprint density at radius 2 is 1.46 bits per heavy atom. The maximum atomic E-state index is 12.9. The van der Waals surface area contributed by atoms with E-state index in [0.29, 0.717) is 17.5 Å². The van der Waals surface area contributed by atoms with Crippen LogP contribution in [0.3, 0.4) is 0 Å². The highest BCUT2D eigenvalue weighted by Gasteiger charge is 2.25. The Balaban J connectivity index is 2.97. The zero-order valence-electron chi connectivity index (χ0n) is 17.9. The second kappa shape index (κ2) is 10.0. The smallest absolute Gasteiger partial charge is 0.328 e. The quantitative estimate of drug-likeness (QED) is 0.606. The Morgan fingerprint density at radius 1 is 0.964 bits per heavy atom. The Morgan fingerprint density at radius 3 is 1.93 bits per heavy atom. The minimum Gasteiger partial charge on any atom is -0.467 e. The molecule has 2 N–H and O–H groups in total. The monoisotopic (exact) mass is 412 g/mol. The van der Waals surface area contributed by atoms with E-state index in [9.17, 15) is 18.0 Å². The van der Waals surface area contributed by atoms with Gasteiger partial charge < -0.3 is 10.1 Å². The molecule has 158 valence electrons. The van der Waals surface area contributed by atoms with Crippen LogP contribution in [0.15, 0.2) is 4.90 Å². The molecule has 0 aliphatic carbocycles. The third-order valence-corrected chi connectivity index (χ3v) is 6.96. The van der Waals surface area contributed by atoms with Gasteiger partial charge in [-0.15, -0.1) is 0 Å². The van der Waals surface area contributed by atoms with Crippen LogP contribution in [0.25, 0.3) is 0 Å². The third-order valence-electron chi connectivity index (χ3n) is 5.29. The fourth-order valence-corrected chi connectivity index (χ4v) is 4.72. The molecule has 0 radical (unpaired) electrons. The van der Waals surface area contributed by atoms with Crippen LogP contribution >= 0.6 is 0 Å². The Kier molecular flexibility index (Phi) is 8.63. The molecule has 28 heavy (non-hydrogen) atoms. The summed E-state index contributed by atoms with van der Waals surface area (Å²) in [7, 11) is -2.63. The fraction of sp³-hybridized carbons (Fsp3) is 0.600. The Labute approximate surface area is 168 Å². The van der Waals surface area contributed by atoms with Crippen LogP contribution in [0.4, 0.5) is 0 Å². The van der Waals surface area contributed by atoms with Crippen molar-refractivity contribution in [3.63, 3.8) is 0 Å². The summed E-state index contributed by atoms with van der Waals surface area (Å²) < 4.78 is 32.8. The van der Waals surface area contributed by atoms with E-state index in [1.807, 2.05) is 27.7 Å². The molecule has 1 rings (SSSR count). The number of sulfonamides is 1. The van der Waals surface area contributed by atoms with Gasteiger partial charge in [-0.2, -0.15) is 0 Å². The van der Waals surface area contributed by atoms with Gasteiger partial charge in [0.05, 0.1) is 18.6 Å². The lowest BCUT2D eigenvalue weighted by Gasteiger charge is -2.19. The molecule has 0 heterocycles. The maximum absolute atomic E-state index is 12.9. The second-order valence-corrected chi connectivity index (χ2v) is 8.77. The van der Waals surface area contributed by atoms with E-state index < -0.39 is 34.5 Å². The third kappa shape index (κ3) is 5.54. The van der Waals surface area contributed by atoms with Crippen molar-refractivity contribution in [2.45, 2.75) is 71.7 Å². The number of rotatable bonds is 9. The van der Waals surface area contributed by atoms with E-state index >= 15 is 0 Å². The molecule has 0 fully saturated rings. The number of nitrogens with one attached hydrogen (secondary N) is 2. The highest BCUT2D eigenvalue weighted by Crippen LogP contribution is 2.29. The van der Waals surface area contributed by atoms with Crippen LogP contribution in [-0.2, 0) is 24.3 Å². The van der Waals surface area contributed by atoms with Gasteiger partial charge in [-0.25, -0.2) is 17.9 Å². The topological polar surface area (TPSA) is 102 Å². The van der Waals surface area contributed by atoms with Gasteiger partial charge in [0, 0.05) is 0 Å². The summed E-state index contributed by atoms with van der Waals surface area (Å²) >= 11 is 0. The van der Waals surface area contributed by atoms with E-state index in [-0.39, 0.29) is 4.90 Å². The lowest BCUT2D eigenvalue weighted by molar-refractivity contribution is -0.145. The maximum Gasteiger partial charge on any atom is 0.328 e. The van der Waals surface area contributed by atoms with E-state index in [1.54, 1.807) is 13.8 Å². The zero-order valence-corrected chi connectivity index (χ0v) is 18.7. The summed E-state index contributed by atoms with van der Waals surface area (Å²) in [5.41, 5.74) is 4.23. The average Bonchev–Trinajstić information content (AvgIpc) is 2.65. The number of benzene rings is 1. The first kappa shape index (κ1) is 24.1. The van der Waals surface area contributed by atoms with Crippen molar-refractivity contribution in [3.05, 3.63) is 27.8 Å². The highest BCUT2D eigenvalue weighted by molar-refractivity contribution is 7.89. The minimum absolute atomic E-state index is 0.205. The highest BCUT2D eigenvalue weighted by atomic mass is 32.2. The van der Waals surface area contributed by atoms with Crippen LogP contribution < -0.4 is 10.0 Å². The van der Waals surface area contributed by atoms with Gasteiger partial charge in [0.2, 0.25) is 15.9 Å². The van der Waals surface area contributed by atoms with Crippen LogP contribution in [-0.4, -0.2) is 40.0 Å². The van der Waals surface area contributed by atoms with Crippen molar-refractivity contribution in [3.8, 4) is 0 Å². The van der Waals surface area contributed by atoms with Gasteiger partial charge in [-0.05, 0) is 68.9 Å². The van der Waals surface area contributed by atoms with Gasteiger partial charge in [0.15, 0.2) is 0 Å². The molecule has 1 aromatic rings. The molecule has 1 unspecified atom stereocenters. The number of carbonyl (C=O) groups is 2. The normalized spacial score (nSPS) is 12.5. The number of unbranched alkanes of at least 4 members (excludes halogenated alkanes) is 1. The molecule has 1 atom stereocenters. The van der Waals surface area contributed by atoms with Crippen LogP contribution in [0.1, 0.15) is 54.0 Å². The SMILES string of the molecule is CCCCC(NC(=O)CNS(=O)(=O)c1c(C)c(C)c(C)c(C)c1C)C(=O)OC. The molecule has 0 spiro atoms. The van der Waals surface area contributed by atoms with Gasteiger partial charge >= 0.3 is 5.97 Å². The molecular formula is C20H32N2O5S. The lowest BCUT2D eigenvalue weighted by Crippen LogP contribution is -2.46. The minimum atomic E-state index is -3.88. The Bertz CT molecular complexity index is 818. The average molecular weight is 413 g/mol. The largest absolute Gasteiger partial charge is 0.467 e. The molecular weight excluding hydrogens is 380 g/mol. The molecule has 7 nitrogen and oxygen atoms in total. The molecule has 0 aliphatic rings. The van der Waals surface area contributed by atoms with Crippen molar-refractivity contribution in [1.29, 1.82) is 0 Å². The number of methoxy groups -OCH3 is 1. The van der Waals surface area contributed by atoms with E-state index in [0.717, 1.165) is 29.5 Å². The van der Waals surface area contributed by atoms with Crippen molar-refractivity contribution >= 4 is 21.9 Å².